The van der Waals surface area contributed by atoms with E-state index in [2.05, 4.69) is 20.8 Å². The molecule has 5 heteroatoms. The quantitative estimate of drug-likeness (QED) is 0.557. The van der Waals surface area contributed by atoms with Crippen LogP contribution in [-0.2, 0) is 14.3 Å². The van der Waals surface area contributed by atoms with E-state index in [0.717, 1.165) is 39.3 Å². The molecule has 1 aliphatic heterocycles. The van der Waals surface area contributed by atoms with Gasteiger partial charge in [0, 0.05) is 19.6 Å². The number of nitrogens with zero attached hydrogens (tertiary/aromatic N) is 1. The number of ether oxygens (including phenoxy) is 2. The van der Waals surface area contributed by atoms with Crippen molar-refractivity contribution in [3.63, 3.8) is 0 Å². The molecule has 0 bridgehead atoms. The average molecular weight is 280 g/mol. The first-order valence-corrected chi connectivity index (χ1v) is 6.26. The predicted octanol–water partition coefficient (Wildman–Crippen LogP) is 1.04. The largest absolute Gasteiger partial charge is 0.463 e. The van der Waals surface area contributed by atoms with E-state index < -0.39 is 0 Å². The molecule has 15 heavy (non-hydrogen) atoms. The Labute approximate surface area is 99.0 Å². The molecule has 0 aromatic carbocycles. The molecule has 1 saturated heterocycles. The topological polar surface area (TPSA) is 38.8 Å². The molecule has 0 radical (unpaired) electrons. The Morgan fingerprint density at radius 2 is 2.20 bits per heavy atom. The van der Waals surface area contributed by atoms with E-state index in [1.165, 1.54) is 0 Å². The van der Waals surface area contributed by atoms with Crippen LogP contribution in [0.1, 0.15) is 13.3 Å². The minimum absolute atomic E-state index is 0.161. The van der Waals surface area contributed by atoms with Gasteiger partial charge < -0.3 is 9.47 Å². The van der Waals surface area contributed by atoms with E-state index in [1.54, 1.807) is 0 Å². The second kappa shape index (κ2) is 7.19. The Morgan fingerprint density at radius 1 is 1.53 bits per heavy atom. The molecule has 1 unspecified atom stereocenters. The van der Waals surface area contributed by atoms with Crippen LogP contribution in [0.5, 0.6) is 0 Å². The summed E-state index contributed by atoms with van der Waals surface area (Å²) in [7, 11) is 0. The first-order chi connectivity index (χ1) is 7.24. The van der Waals surface area contributed by atoms with Crippen molar-refractivity contribution in [2.24, 2.45) is 0 Å². The monoisotopic (exact) mass is 279 g/mol. The summed E-state index contributed by atoms with van der Waals surface area (Å²) >= 11 is 3.26. The highest BCUT2D eigenvalue weighted by Gasteiger charge is 2.15. The van der Waals surface area contributed by atoms with Crippen molar-refractivity contribution < 1.29 is 14.3 Å². The molecular formula is C10H18BrNO3. The van der Waals surface area contributed by atoms with Crippen LogP contribution in [0.2, 0.25) is 0 Å². The van der Waals surface area contributed by atoms with Crippen molar-refractivity contribution in [1.29, 1.82) is 0 Å². The van der Waals surface area contributed by atoms with Crippen LogP contribution in [0, 0.1) is 0 Å². The molecular weight excluding hydrogens is 262 g/mol. The lowest BCUT2D eigenvalue weighted by Crippen LogP contribution is -2.38. The minimum atomic E-state index is -0.165. The van der Waals surface area contributed by atoms with E-state index in [0.29, 0.717) is 6.61 Å². The van der Waals surface area contributed by atoms with Crippen LogP contribution in [-0.4, -0.2) is 55.2 Å². The molecule has 0 amide bonds. The van der Waals surface area contributed by atoms with Crippen LogP contribution in [0.25, 0.3) is 0 Å². The third-order valence-corrected chi connectivity index (χ3v) is 3.39. The maximum Gasteiger partial charge on any atom is 0.319 e. The Morgan fingerprint density at radius 3 is 2.80 bits per heavy atom. The van der Waals surface area contributed by atoms with Gasteiger partial charge in [-0.25, -0.2) is 0 Å². The molecule has 1 rings (SSSR count). The summed E-state index contributed by atoms with van der Waals surface area (Å²) in [6, 6.07) is 0. The Balaban J connectivity index is 2.07. The number of hydrogen-bond donors (Lipinski definition) is 0. The first kappa shape index (κ1) is 12.9. The second-order valence-electron chi connectivity index (χ2n) is 3.50. The van der Waals surface area contributed by atoms with E-state index in [4.69, 9.17) is 9.47 Å². The number of rotatable bonds is 5. The Bertz CT molecular complexity index is 195. The number of esters is 1. The summed E-state index contributed by atoms with van der Waals surface area (Å²) in [5, 5.41) is 0. The van der Waals surface area contributed by atoms with Gasteiger partial charge in [0.15, 0.2) is 0 Å². The van der Waals surface area contributed by atoms with Crippen molar-refractivity contribution in [2.75, 3.05) is 39.5 Å². The third-order valence-electron chi connectivity index (χ3n) is 2.37. The van der Waals surface area contributed by atoms with Crippen molar-refractivity contribution in [2.45, 2.75) is 18.2 Å². The molecule has 1 heterocycles. The fourth-order valence-corrected chi connectivity index (χ4v) is 1.49. The molecule has 0 aromatic rings. The molecule has 1 atom stereocenters. The van der Waals surface area contributed by atoms with Gasteiger partial charge in [0.05, 0.1) is 13.2 Å². The Kier molecular flexibility index (Phi) is 6.20. The van der Waals surface area contributed by atoms with Crippen LogP contribution in [0.3, 0.4) is 0 Å². The minimum Gasteiger partial charge on any atom is -0.463 e. The third kappa shape index (κ3) is 4.95. The summed E-state index contributed by atoms with van der Waals surface area (Å²) in [5.74, 6) is -0.161. The molecule has 1 fully saturated rings. The van der Waals surface area contributed by atoms with E-state index >= 15 is 0 Å². The molecule has 88 valence electrons. The van der Waals surface area contributed by atoms with Crippen LogP contribution in [0.15, 0.2) is 0 Å². The highest BCUT2D eigenvalue weighted by atomic mass is 79.9. The van der Waals surface area contributed by atoms with Gasteiger partial charge in [0.2, 0.25) is 0 Å². The fraction of sp³-hybridized carbons (Fsp3) is 0.900. The van der Waals surface area contributed by atoms with Gasteiger partial charge in [-0.05, 0) is 6.42 Å². The lowest BCUT2D eigenvalue weighted by atomic mass is 10.3. The second-order valence-corrected chi connectivity index (χ2v) is 4.60. The summed E-state index contributed by atoms with van der Waals surface area (Å²) in [6.07, 6.45) is 0.760. The average Bonchev–Trinajstić information content (AvgIpc) is 2.29. The zero-order valence-electron chi connectivity index (χ0n) is 9.08. The van der Waals surface area contributed by atoms with Crippen LogP contribution >= 0.6 is 15.9 Å². The van der Waals surface area contributed by atoms with Gasteiger partial charge in [-0.2, -0.15) is 0 Å². The lowest BCUT2D eigenvalue weighted by Gasteiger charge is -2.26. The molecule has 4 nitrogen and oxygen atoms in total. The molecule has 0 N–H and O–H groups in total. The summed E-state index contributed by atoms with van der Waals surface area (Å²) < 4.78 is 10.4. The lowest BCUT2D eigenvalue weighted by molar-refractivity contribution is -0.143. The predicted molar refractivity (Wildman–Crippen MR) is 61.2 cm³/mol. The molecule has 0 aromatic heterocycles. The number of morpholine rings is 1. The van der Waals surface area contributed by atoms with E-state index in [9.17, 15) is 4.79 Å². The number of halogens is 1. The van der Waals surface area contributed by atoms with Gasteiger partial charge in [-0.3, -0.25) is 9.69 Å². The first-order valence-electron chi connectivity index (χ1n) is 5.35. The highest BCUT2D eigenvalue weighted by molar-refractivity contribution is 9.10. The SMILES string of the molecule is CCC(Br)C(=O)OCCN1CCOCC1. The number of alkyl halides is 1. The number of carbonyl (C=O) groups is 1. The van der Waals surface area contributed by atoms with Gasteiger partial charge in [-0.1, -0.05) is 22.9 Å². The summed E-state index contributed by atoms with van der Waals surface area (Å²) in [5.41, 5.74) is 0. The van der Waals surface area contributed by atoms with E-state index in [1.807, 2.05) is 6.92 Å². The molecule has 0 saturated carbocycles. The maximum atomic E-state index is 11.3. The van der Waals surface area contributed by atoms with Crippen LogP contribution < -0.4 is 0 Å². The fourth-order valence-electron chi connectivity index (χ4n) is 1.36. The van der Waals surface area contributed by atoms with Gasteiger partial charge in [0.1, 0.15) is 11.4 Å². The van der Waals surface area contributed by atoms with Gasteiger partial charge in [0.25, 0.3) is 0 Å². The summed E-state index contributed by atoms with van der Waals surface area (Å²) in [4.78, 5) is 13.4. The zero-order chi connectivity index (χ0) is 11.1. The van der Waals surface area contributed by atoms with Crippen LogP contribution in [0.4, 0.5) is 0 Å². The number of hydrogen-bond acceptors (Lipinski definition) is 4. The van der Waals surface area contributed by atoms with E-state index in [-0.39, 0.29) is 10.8 Å². The van der Waals surface area contributed by atoms with Crippen molar-refractivity contribution >= 4 is 21.9 Å². The summed E-state index contributed by atoms with van der Waals surface area (Å²) in [6.45, 7) is 6.65. The van der Waals surface area contributed by atoms with Crippen molar-refractivity contribution in [1.82, 2.24) is 4.90 Å². The smallest absolute Gasteiger partial charge is 0.319 e. The van der Waals surface area contributed by atoms with Crippen molar-refractivity contribution in [3.05, 3.63) is 0 Å². The molecule has 0 aliphatic carbocycles. The van der Waals surface area contributed by atoms with Gasteiger partial charge >= 0.3 is 5.97 Å². The normalized spacial score (nSPS) is 19.9. The van der Waals surface area contributed by atoms with Crippen molar-refractivity contribution in [3.8, 4) is 0 Å². The standard InChI is InChI=1S/C10H18BrNO3/c1-2-9(11)10(13)15-8-5-12-3-6-14-7-4-12/h9H,2-8H2,1H3. The molecule has 1 aliphatic rings. The highest BCUT2D eigenvalue weighted by Crippen LogP contribution is 2.06. The number of carbonyl (C=O) groups excluding carboxylic acids is 1. The maximum absolute atomic E-state index is 11.3. The molecule has 0 spiro atoms. The Hall–Kier alpha value is -0.130. The zero-order valence-corrected chi connectivity index (χ0v) is 10.7. The van der Waals surface area contributed by atoms with Gasteiger partial charge in [-0.15, -0.1) is 0 Å².